The van der Waals surface area contributed by atoms with Crippen LogP contribution < -0.4 is 0 Å². The van der Waals surface area contributed by atoms with E-state index in [4.69, 9.17) is 14.1 Å². The molecule has 2 heterocycles. The molecule has 0 saturated carbocycles. The molecule has 8 aromatic rings. The summed E-state index contributed by atoms with van der Waals surface area (Å²) in [5.74, 6) is 0.217. The maximum Gasteiger partial charge on any atom is 0.149 e. The van der Waals surface area contributed by atoms with Gasteiger partial charge in [0.25, 0.3) is 0 Å². The zero-order valence-electron chi connectivity index (χ0n) is 40.2. The molecule has 0 radical (unpaired) electrons. The highest BCUT2D eigenvalue weighted by atomic mass is 16.3. The summed E-state index contributed by atoms with van der Waals surface area (Å²) in [6.45, 7) is 16.9. The minimum absolute atomic E-state index is 0.0715. The molecule has 302 valence electrons. The van der Waals surface area contributed by atoms with E-state index in [2.05, 4.69) is 138 Å². The van der Waals surface area contributed by atoms with Gasteiger partial charge in [-0.2, -0.15) is 0 Å². The summed E-state index contributed by atoms with van der Waals surface area (Å²) < 4.78 is 34.9. The Morgan fingerprint density at radius 2 is 1.35 bits per heavy atom. The Hall–Kier alpha value is -6.26. The van der Waals surface area contributed by atoms with Gasteiger partial charge in [-0.15, -0.1) is 0 Å². The number of fused-ring (bicyclic) bond motifs is 1. The number of imidazole rings is 1. The summed E-state index contributed by atoms with van der Waals surface area (Å²) in [4.78, 5) is 10.4. The Balaban J connectivity index is 1.40. The molecular weight excluding hydrogens is 731 g/mol. The van der Waals surface area contributed by atoms with Gasteiger partial charge in [0.15, 0.2) is 0 Å². The summed E-state index contributed by atoms with van der Waals surface area (Å²) >= 11 is 0. The number of hydrogen-bond acceptors (Lipinski definition) is 3. The molecule has 0 fully saturated rings. The second kappa shape index (κ2) is 16.1. The van der Waals surface area contributed by atoms with Crippen LogP contribution in [-0.4, -0.2) is 19.6 Å². The molecule has 1 N–H and O–H groups in total. The monoisotopic (exact) mass is 791 g/mol. The largest absolute Gasteiger partial charge is 0.507 e. The topological polar surface area (TPSA) is 50.9 Å². The summed E-state index contributed by atoms with van der Waals surface area (Å²) in [6, 6.07) is 44.8. The first-order valence-electron chi connectivity index (χ1n) is 23.0. The fourth-order valence-corrected chi connectivity index (χ4v) is 8.02. The molecule has 0 amide bonds. The fraction of sp³-hybridized carbons (Fsp3) is 0.250. The van der Waals surface area contributed by atoms with Gasteiger partial charge in [-0.3, -0.25) is 9.55 Å². The third kappa shape index (κ3) is 7.91. The zero-order chi connectivity index (χ0) is 45.9. The smallest absolute Gasteiger partial charge is 0.149 e. The van der Waals surface area contributed by atoms with Gasteiger partial charge in [0.1, 0.15) is 11.6 Å². The maximum absolute atomic E-state index is 12.2. The van der Waals surface area contributed by atoms with Crippen molar-refractivity contribution >= 4 is 11.0 Å². The van der Waals surface area contributed by atoms with E-state index in [9.17, 15) is 6.48 Å². The summed E-state index contributed by atoms with van der Waals surface area (Å²) in [5, 5.41) is 12.2. The zero-order valence-corrected chi connectivity index (χ0v) is 36.2. The molecular formula is C56H57N3O. The number of pyridine rings is 1. The lowest BCUT2D eigenvalue weighted by molar-refractivity contribution is 0.466. The number of para-hydroxylation sites is 1. The average molecular weight is 792 g/mol. The van der Waals surface area contributed by atoms with Gasteiger partial charge in [-0.05, 0) is 129 Å². The van der Waals surface area contributed by atoms with Crippen LogP contribution in [0.3, 0.4) is 0 Å². The SMILES string of the molecule is [2H]C([2H])([2H])c1ccc(-c2ccnc(-c3cc(-c4cccc5c4nc(-c4cc(C(C)C)cc(C(C)C)c4O)n5-c4cc(-c5ccccc5)cc(C([2H])(C)C)c4)cc(C(C)(C)C)c3)c2)cc1. The Morgan fingerprint density at radius 1 is 0.617 bits per heavy atom. The molecule has 4 heteroatoms. The van der Waals surface area contributed by atoms with Crippen molar-refractivity contribution in [1.82, 2.24) is 14.5 Å². The number of benzene rings is 6. The molecule has 8 rings (SSSR count). The highest BCUT2D eigenvalue weighted by Crippen LogP contribution is 2.44. The molecule has 0 atom stereocenters. The fourth-order valence-electron chi connectivity index (χ4n) is 8.02. The van der Waals surface area contributed by atoms with E-state index < -0.39 is 12.7 Å². The summed E-state index contributed by atoms with van der Waals surface area (Å²) in [7, 11) is 0. The van der Waals surface area contributed by atoms with E-state index in [1.807, 2.05) is 50.2 Å². The van der Waals surface area contributed by atoms with Gasteiger partial charge in [0.05, 0.1) is 22.3 Å². The molecule has 0 unspecified atom stereocenters. The average Bonchev–Trinajstić information content (AvgIpc) is 3.65. The second-order valence-electron chi connectivity index (χ2n) is 18.0. The van der Waals surface area contributed by atoms with Crippen LogP contribution in [0.2, 0.25) is 0 Å². The van der Waals surface area contributed by atoms with E-state index in [-0.39, 0.29) is 23.0 Å². The van der Waals surface area contributed by atoms with E-state index in [0.717, 1.165) is 83.6 Å². The third-order valence-corrected chi connectivity index (χ3v) is 11.6. The molecule has 0 bridgehead atoms. The van der Waals surface area contributed by atoms with Crippen LogP contribution in [0.25, 0.3) is 72.7 Å². The first-order chi connectivity index (χ1) is 30.2. The van der Waals surface area contributed by atoms with Gasteiger partial charge >= 0.3 is 0 Å². The highest BCUT2D eigenvalue weighted by Gasteiger charge is 2.25. The second-order valence-corrected chi connectivity index (χ2v) is 18.0. The quantitative estimate of drug-likeness (QED) is 0.158. The number of rotatable bonds is 9. The van der Waals surface area contributed by atoms with Crippen LogP contribution in [0.1, 0.15) is 113 Å². The minimum atomic E-state index is -2.17. The third-order valence-electron chi connectivity index (χ3n) is 11.6. The summed E-state index contributed by atoms with van der Waals surface area (Å²) in [6.07, 6.45) is 1.81. The van der Waals surface area contributed by atoms with Gasteiger partial charge < -0.3 is 5.11 Å². The Bertz CT molecular complexity index is 3000. The lowest BCUT2D eigenvalue weighted by atomic mass is 9.83. The number of phenols is 1. The molecule has 0 aliphatic carbocycles. The van der Waals surface area contributed by atoms with E-state index >= 15 is 0 Å². The van der Waals surface area contributed by atoms with Crippen LogP contribution in [0.4, 0.5) is 0 Å². The van der Waals surface area contributed by atoms with Crippen LogP contribution >= 0.6 is 0 Å². The molecule has 2 aromatic heterocycles. The number of aromatic nitrogens is 3. The van der Waals surface area contributed by atoms with Gasteiger partial charge in [0.2, 0.25) is 0 Å². The number of nitrogens with zero attached hydrogens (tertiary/aromatic N) is 3. The number of hydrogen-bond donors (Lipinski definition) is 1. The van der Waals surface area contributed by atoms with Crippen LogP contribution in [0.15, 0.2) is 140 Å². The first kappa shape index (κ1) is 35.7. The molecule has 6 aromatic carbocycles. The van der Waals surface area contributed by atoms with Crippen molar-refractivity contribution in [3.05, 3.63) is 167 Å². The van der Waals surface area contributed by atoms with E-state index in [1.54, 1.807) is 18.3 Å². The van der Waals surface area contributed by atoms with E-state index in [1.165, 1.54) is 0 Å². The highest BCUT2D eigenvalue weighted by molar-refractivity contribution is 5.97. The van der Waals surface area contributed by atoms with Gasteiger partial charge in [-0.1, -0.05) is 153 Å². The number of phenolic OH excluding ortho intramolecular Hbond substituents is 1. The van der Waals surface area contributed by atoms with Crippen molar-refractivity contribution in [3.63, 3.8) is 0 Å². The van der Waals surface area contributed by atoms with Crippen molar-refractivity contribution in [2.24, 2.45) is 0 Å². The van der Waals surface area contributed by atoms with Crippen molar-refractivity contribution in [3.8, 4) is 67.5 Å². The van der Waals surface area contributed by atoms with Gasteiger partial charge in [-0.25, -0.2) is 4.98 Å². The summed E-state index contributed by atoms with van der Waals surface area (Å²) in [5.41, 5.74) is 14.8. The van der Waals surface area contributed by atoms with Crippen LogP contribution in [-0.2, 0) is 5.41 Å². The standard InChI is InChI=1S/C56H57N3O/c1-34(2)41-25-43(38-15-12-11-13-16-38)30-47(29-41)59-52-18-14-17-48(53(52)58-55(59)50-32-42(35(3)4)31-49(36(5)6)54(50)60)44-26-45(28-46(27-44)56(8,9)10)51-33-40(23-24-57-51)39-21-19-37(7)20-22-39/h11-36,60H,1-10H3/i7D3,34D. The number of aromatic hydroxyl groups is 1. The Kier molecular flexibility index (Phi) is 9.55. The maximum atomic E-state index is 12.2. The predicted molar refractivity (Wildman–Crippen MR) is 253 cm³/mol. The van der Waals surface area contributed by atoms with Crippen molar-refractivity contribution in [2.45, 2.75) is 92.3 Å². The van der Waals surface area contributed by atoms with Crippen LogP contribution in [0, 0.1) is 6.85 Å². The minimum Gasteiger partial charge on any atom is -0.507 e. The van der Waals surface area contributed by atoms with Crippen molar-refractivity contribution in [1.29, 1.82) is 0 Å². The van der Waals surface area contributed by atoms with Gasteiger partial charge in [0, 0.05) is 28.5 Å². The lowest BCUT2D eigenvalue weighted by Gasteiger charge is -2.22. The molecule has 0 spiro atoms. The molecule has 0 aliphatic rings. The predicted octanol–water partition coefficient (Wildman–Crippen LogP) is 15.4. The van der Waals surface area contributed by atoms with Crippen molar-refractivity contribution in [2.75, 3.05) is 0 Å². The molecule has 0 saturated heterocycles. The van der Waals surface area contributed by atoms with Crippen LogP contribution in [0.5, 0.6) is 5.75 Å². The Morgan fingerprint density at radius 3 is 2.03 bits per heavy atom. The van der Waals surface area contributed by atoms with E-state index in [0.29, 0.717) is 17.0 Å². The number of aryl methyl sites for hydroxylation is 1. The molecule has 4 nitrogen and oxygen atoms in total. The first-order valence-corrected chi connectivity index (χ1v) is 21.0. The lowest BCUT2D eigenvalue weighted by Crippen LogP contribution is -2.11. The Labute approximate surface area is 362 Å². The normalized spacial score (nSPS) is 13.4. The molecule has 60 heavy (non-hydrogen) atoms. The van der Waals surface area contributed by atoms with Crippen molar-refractivity contribution < 1.29 is 10.6 Å². The molecule has 0 aliphatic heterocycles.